The molecular weight excluding hydrogens is 536 g/mol. The van der Waals surface area contributed by atoms with Crippen LogP contribution in [0.4, 0.5) is 0 Å². The average Bonchev–Trinajstić information content (AvgIpc) is 3.20. The van der Waals surface area contributed by atoms with Gasteiger partial charge in [0.1, 0.15) is 11.7 Å². The quantitative estimate of drug-likeness (QED) is 0.305. The van der Waals surface area contributed by atoms with Crippen molar-refractivity contribution >= 4 is 11.8 Å². The first-order valence-electron chi connectivity index (χ1n) is 15.5. The molecule has 42 heavy (non-hydrogen) atoms. The largest absolute Gasteiger partial charge is 0.456 e. The van der Waals surface area contributed by atoms with Crippen molar-refractivity contribution in [1.82, 2.24) is 0 Å². The number of esters is 1. The molecule has 8 heteroatoms. The van der Waals surface area contributed by atoms with Crippen molar-refractivity contribution in [2.24, 2.45) is 28.6 Å². The Kier molecular flexibility index (Phi) is 7.84. The van der Waals surface area contributed by atoms with Crippen LogP contribution in [-0.2, 0) is 9.53 Å². The lowest BCUT2D eigenvalue weighted by molar-refractivity contribution is -0.177. The van der Waals surface area contributed by atoms with Gasteiger partial charge in [-0.25, -0.2) is 4.79 Å². The molecule has 1 aromatic rings. The zero-order valence-corrected chi connectivity index (χ0v) is 25.5. The first-order valence-corrected chi connectivity index (χ1v) is 15.5. The number of carbonyl (C=O) groups excluding carboxylic acids is 2. The van der Waals surface area contributed by atoms with Gasteiger partial charge >= 0.3 is 5.97 Å². The van der Waals surface area contributed by atoms with Crippen molar-refractivity contribution in [3.05, 3.63) is 47.5 Å². The van der Waals surface area contributed by atoms with Crippen LogP contribution in [0.15, 0.2) is 42.0 Å². The van der Waals surface area contributed by atoms with E-state index < -0.39 is 63.8 Å². The summed E-state index contributed by atoms with van der Waals surface area (Å²) in [5, 5.41) is 56.3. The fourth-order valence-electron chi connectivity index (χ4n) is 9.26. The van der Waals surface area contributed by atoms with Gasteiger partial charge in [-0.3, -0.25) is 4.79 Å². The highest BCUT2D eigenvalue weighted by Crippen LogP contribution is 2.68. The number of aliphatic hydroxyl groups is 5. The zero-order valence-electron chi connectivity index (χ0n) is 25.5. The van der Waals surface area contributed by atoms with Crippen LogP contribution in [0, 0.1) is 28.6 Å². The topological polar surface area (TPSA) is 145 Å². The molecule has 0 amide bonds. The summed E-state index contributed by atoms with van der Waals surface area (Å²) in [6.45, 7) is 9.00. The number of hydrogen-bond donors (Lipinski definition) is 5. The second kappa shape index (κ2) is 10.5. The summed E-state index contributed by atoms with van der Waals surface area (Å²) >= 11 is 0. The fraction of sp³-hybridized carbons (Fsp3) is 0.706. The van der Waals surface area contributed by atoms with Crippen molar-refractivity contribution in [1.29, 1.82) is 0 Å². The highest BCUT2D eigenvalue weighted by molar-refractivity contribution is 5.95. The molecule has 3 saturated carbocycles. The normalized spacial score (nSPS) is 40.2. The van der Waals surface area contributed by atoms with E-state index in [0.29, 0.717) is 43.2 Å². The van der Waals surface area contributed by atoms with E-state index in [-0.39, 0.29) is 31.0 Å². The molecule has 8 nitrogen and oxygen atoms in total. The van der Waals surface area contributed by atoms with E-state index in [2.05, 4.69) is 0 Å². The predicted octanol–water partition coefficient (Wildman–Crippen LogP) is 3.72. The van der Waals surface area contributed by atoms with Gasteiger partial charge in [0.15, 0.2) is 5.78 Å². The summed E-state index contributed by atoms with van der Waals surface area (Å²) in [6.07, 6.45) is 1.84. The van der Waals surface area contributed by atoms with E-state index in [1.807, 2.05) is 13.8 Å². The standard InChI is InChI=1S/C34H48O8/c1-30(2,39)14-13-28(42-29(38)20-9-7-6-8-10-20)33(5,40)27-12-16-34(41)22-17-24(35)23-18-25(36)26(37)19-31(23,3)21(22)11-15-32(27,34)4/h6-10,17,21,23,25-28,36-37,39-41H,11-16,18-19H2,1-5H3/t21-,23?,25?,26?,27-,28?,31+,32+,33+,34+/m0/s1. The predicted molar refractivity (Wildman–Crippen MR) is 156 cm³/mol. The molecule has 10 atom stereocenters. The number of rotatable bonds is 7. The summed E-state index contributed by atoms with van der Waals surface area (Å²) < 4.78 is 6.00. The molecule has 0 heterocycles. The van der Waals surface area contributed by atoms with Gasteiger partial charge < -0.3 is 30.3 Å². The van der Waals surface area contributed by atoms with Gasteiger partial charge in [-0.2, -0.15) is 0 Å². The molecular formula is C34H48O8. The van der Waals surface area contributed by atoms with Crippen LogP contribution in [0.1, 0.15) is 96.3 Å². The van der Waals surface area contributed by atoms with Gasteiger partial charge in [-0.05, 0) is 113 Å². The van der Waals surface area contributed by atoms with Gasteiger partial charge in [0.25, 0.3) is 0 Å². The van der Waals surface area contributed by atoms with Crippen molar-refractivity contribution in [3.63, 3.8) is 0 Å². The number of benzene rings is 1. The lowest BCUT2D eigenvalue weighted by Crippen LogP contribution is -2.63. The van der Waals surface area contributed by atoms with Crippen molar-refractivity contribution < 1.29 is 39.9 Å². The Morgan fingerprint density at radius 2 is 1.69 bits per heavy atom. The highest BCUT2D eigenvalue weighted by atomic mass is 16.6. The first-order chi connectivity index (χ1) is 19.4. The van der Waals surface area contributed by atoms with Gasteiger partial charge in [0.05, 0.1) is 29.0 Å². The molecule has 5 N–H and O–H groups in total. The Morgan fingerprint density at radius 1 is 1.02 bits per heavy atom. The Balaban J connectivity index is 1.48. The van der Waals surface area contributed by atoms with Crippen LogP contribution in [0.5, 0.6) is 0 Å². The number of allylic oxidation sites excluding steroid dienone is 1. The zero-order chi connectivity index (χ0) is 30.9. The minimum atomic E-state index is -1.54. The van der Waals surface area contributed by atoms with Gasteiger partial charge in [-0.1, -0.05) is 32.0 Å². The molecule has 0 saturated heterocycles. The lowest BCUT2D eigenvalue weighted by atomic mass is 9.45. The van der Waals surface area contributed by atoms with Crippen LogP contribution in [-0.4, -0.2) is 72.4 Å². The van der Waals surface area contributed by atoms with Crippen molar-refractivity contribution in [2.75, 3.05) is 0 Å². The number of ketones is 1. The number of fused-ring (bicyclic) bond motifs is 5. The number of carbonyl (C=O) groups is 2. The van der Waals surface area contributed by atoms with Crippen LogP contribution in [0.25, 0.3) is 0 Å². The Bertz CT molecular complexity index is 1230. The minimum Gasteiger partial charge on any atom is -0.456 e. The van der Waals surface area contributed by atoms with Crippen LogP contribution in [0.2, 0.25) is 0 Å². The number of aliphatic hydroxyl groups excluding tert-OH is 2. The number of hydrogen-bond acceptors (Lipinski definition) is 8. The van der Waals surface area contributed by atoms with E-state index in [1.54, 1.807) is 57.2 Å². The molecule has 0 aromatic heterocycles. The van der Waals surface area contributed by atoms with E-state index in [0.717, 1.165) is 0 Å². The molecule has 4 aliphatic carbocycles. The summed E-state index contributed by atoms with van der Waals surface area (Å²) in [5.74, 6) is -1.70. The molecule has 0 aliphatic heterocycles. The SMILES string of the molecule is CC(C)(O)CCC(OC(=O)c1ccccc1)[C@](C)(O)[C@H]1CC[C@@]2(O)C3=CC(=O)C4CC(O)C(O)C[C@]4(C)[C@H]3CC[C@]12C. The highest BCUT2D eigenvalue weighted by Gasteiger charge is 2.69. The third-order valence-electron chi connectivity index (χ3n) is 11.8. The Labute approximate surface area is 248 Å². The summed E-state index contributed by atoms with van der Waals surface area (Å²) in [6, 6.07) is 8.60. The third kappa shape index (κ3) is 4.97. The molecule has 1 aromatic carbocycles. The Hall–Kier alpha value is -2.10. The van der Waals surface area contributed by atoms with Crippen LogP contribution < -0.4 is 0 Å². The maximum atomic E-state index is 13.5. The van der Waals surface area contributed by atoms with Gasteiger partial charge in [0.2, 0.25) is 0 Å². The molecule has 0 bridgehead atoms. The molecule has 4 aliphatic rings. The van der Waals surface area contributed by atoms with E-state index in [1.165, 1.54) is 0 Å². The number of ether oxygens (including phenoxy) is 1. The fourth-order valence-corrected chi connectivity index (χ4v) is 9.26. The second-order valence-corrected chi connectivity index (χ2v) is 14.9. The smallest absolute Gasteiger partial charge is 0.338 e. The van der Waals surface area contributed by atoms with Crippen molar-refractivity contribution in [2.45, 2.75) is 121 Å². The molecule has 232 valence electrons. The molecule has 5 rings (SSSR count). The molecule has 4 unspecified atom stereocenters. The minimum absolute atomic E-state index is 0.123. The van der Waals surface area contributed by atoms with Crippen LogP contribution >= 0.6 is 0 Å². The Morgan fingerprint density at radius 3 is 2.33 bits per heavy atom. The van der Waals surface area contributed by atoms with Gasteiger partial charge in [-0.15, -0.1) is 0 Å². The van der Waals surface area contributed by atoms with E-state index >= 15 is 0 Å². The second-order valence-electron chi connectivity index (χ2n) is 14.9. The van der Waals surface area contributed by atoms with Crippen LogP contribution in [0.3, 0.4) is 0 Å². The monoisotopic (exact) mass is 584 g/mol. The summed E-state index contributed by atoms with van der Waals surface area (Å²) in [4.78, 5) is 26.7. The van der Waals surface area contributed by atoms with Crippen molar-refractivity contribution in [3.8, 4) is 0 Å². The van der Waals surface area contributed by atoms with E-state index in [9.17, 15) is 35.1 Å². The molecule has 0 spiro atoms. The van der Waals surface area contributed by atoms with Gasteiger partial charge in [0, 0.05) is 11.3 Å². The first kappa shape index (κ1) is 31.3. The average molecular weight is 585 g/mol. The molecule has 0 radical (unpaired) electrons. The lowest BCUT2D eigenvalue weighted by Gasteiger charge is -2.60. The third-order valence-corrected chi connectivity index (χ3v) is 11.8. The maximum absolute atomic E-state index is 13.5. The summed E-state index contributed by atoms with van der Waals surface area (Å²) in [5.41, 5.74) is -4.30. The van der Waals surface area contributed by atoms with E-state index in [4.69, 9.17) is 4.74 Å². The molecule has 3 fully saturated rings. The summed E-state index contributed by atoms with van der Waals surface area (Å²) in [7, 11) is 0. The maximum Gasteiger partial charge on any atom is 0.338 e.